The Morgan fingerprint density at radius 1 is 1.09 bits per heavy atom. The van der Waals surface area contributed by atoms with Crippen molar-refractivity contribution in [1.29, 1.82) is 0 Å². The van der Waals surface area contributed by atoms with Crippen LogP contribution >= 0.6 is 39.3 Å². The van der Waals surface area contributed by atoms with E-state index in [2.05, 4.69) is 26.1 Å². The molecule has 0 N–H and O–H groups in total. The summed E-state index contributed by atoms with van der Waals surface area (Å²) in [5.74, 6) is 0.00538. The van der Waals surface area contributed by atoms with Crippen LogP contribution in [-0.2, 0) is 9.53 Å². The third-order valence-corrected chi connectivity index (χ3v) is 4.63. The molecule has 0 unspecified atom stereocenters. The molecule has 3 rings (SSSR count). The van der Waals surface area contributed by atoms with Gasteiger partial charge >= 0.3 is 0 Å². The van der Waals surface area contributed by atoms with Crippen LogP contribution in [0.15, 0.2) is 68.1 Å². The molecule has 2 aromatic carbocycles. The summed E-state index contributed by atoms with van der Waals surface area (Å²) in [7, 11) is 0. The van der Waals surface area contributed by atoms with E-state index < -0.39 is 0 Å². The van der Waals surface area contributed by atoms with Crippen molar-refractivity contribution in [1.82, 2.24) is 0 Å². The first kappa shape index (κ1) is 16.2. The van der Waals surface area contributed by atoms with E-state index in [0.717, 1.165) is 26.7 Å². The van der Waals surface area contributed by atoms with Crippen LogP contribution in [0, 0.1) is 0 Å². The van der Waals surface area contributed by atoms with Gasteiger partial charge in [-0.05, 0) is 48.2 Å². The van der Waals surface area contributed by atoms with Crippen LogP contribution in [0.5, 0.6) is 0 Å². The first-order valence-electron chi connectivity index (χ1n) is 6.63. The molecule has 1 aliphatic rings. The fourth-order valence-corrected chi connectivity index (χ4v) is 2.90. The zero-order chi connectivity index (χ0) is 16.2. The Balaban J connectivity index is 1.71. The third kappa shape index (κ3) is 4.22. The standard InChI is InChI=1S/C16H10BrClN2O2S/c17-11-3-1-10(2-4-11)14-9-22-15(20-19-14)16(21)23-13-7-5-12(18)6-8-13/h1-8H,9H2. The van der Waals surface area contributed by atoms with Gasteiger partial charge in [0, 0.05) is 20.0 Å². The third-order valence-electron chi connectivity index (χ3n) is 2.98. The van der Waals surface area contributed by atoms with Crippen LogP contribution in [0.1, 0.15) is 5.56 Å². The fraction of sp³-hybridized carbons (Fsp3) is 0.0625. The minimum absolute atomic E-state index is 0.00538. The Labute approximate surface area is 150 Å². The van der Waals surface area contributed by atoms with Gasteiger partial charge in [0.15, 0.2) is 0 Å². The van der Waals surface area contributed by atoms with Crippen molar-refractivity contribution in [2.24, 2.45) is 10.2 Å². The van der Waals surface area contributed by atoms with Gasteiger partial charge in [-0.3, -0.25) is 4.79 Å². The zero-order valence-electron chi connectivity index (χ0n) is 11.7. The Morgan fingerprint density at radius 3 is 2.39 bits per heavy atom. The predicted molar refractivity (Wildman–Crippen MR) is 96.4 cm³/mol. The number of rotatable bonds is 3. The van der Waals surface area contributed by atoms with Crippen LogP contribution in [-0.4, -0.2) is 23.3 Å². The summed E-state index contributed by atoms with van der Waals surface area (Å²) in [5.41, 5.74) is 1.60. The highest BCUT2D eigenvalue weighted by atomic mass is 79.9. The lowest BCUT2D eigenvalue weighted by Crippen LogP contribution is -2.23. The maximum Gasteiger partial charge on any atom is 0.289 e. The second-order valence-corrected chi connectivity index (χ2v) is 6.99. The molecule has 116 valence electrons. The Hall–Kier alpha value is -1.63. The van der Waals surface area contributed by atoms with Crippen molar-refractivity contribution in [2.45, 2.75) is 4.90 Å². The molecule has 0 bridgehead atoms. The normalized spacial score (nSPS) is 13.8. The Kier molecular flexibility index (Phi) is 5.15. The molecule has 0 amide bonds. The van der Waals surface area contributed by atoms with Crippen LogP contribution in [0.2, 0.25) is 5.02 Å². The Morgan fingerprint density at radius 2 is 1.78 bits per heavy atom. The van der Waals surface area contributed by atoms with Gasteiger partial charge in [0.05, 0.1) is 0 Å². The number of halogens is 2. The maximum atomic E-state index is 12.1. The molecule has 7 heteroatoms. The first-order chi connectivity index (χ1) is 11.1. The summed E-state index contributed by atoms with van der Waals surface area (Å²) in [6.07, 6.45) is 0. The SMILES string of the molecule is O=C(Sc1ccc(Cl)cc1)C1=NN=C(c2ccc(Br)cc2)CO1. The quantitative estimate of drug-likeness (QED) is 0.699. The van der Waals surface area contributed by atoms with Gasteiger partial charge in [0.1, 0.15) is 12.3 Å². The van der Waals surface area contributed by atoms with Crippen molar-refractivity contribution in [2.75, 3.05) is 6.61 Å². The molecule has 0 fully saturated rings. The second kappa shape index (κ2) is 7.29. The number of hydrogen-bond donors (Lipinski definition) is 0. The van der Waals surface area contributed by atoms with Gasteiger partial charge in [-0.2, -0.15) is 0 Å². The second-order valence-electron chi connectivity index (χ2n) is 4.59. The average Bonchev–Trinajstić information content (AvgIpc) is 2.58. The van der Waals surface area contributed by atoms with E-state index in [-0.39, 0.29) is 17.6 Å². The molecule has 0 aliphatic carbocycles. The smallest absolute Gasteiger partial charge is 0.289 e. The van der Waals surface area contributed by atoms with Crippen molar-refractivity contribution < 1.29 is 9.53 Å². The molecule has 23 heavy (non-hydrogen) atoms. The van der Waals surface area contributed by atoms with E-state index in [4.69, 9.17) is 16.3 Å². The van der Waals surface area contributed by atoms with Crippen molar-refractivity contribution in [3.8, 4) is 0 Å². The molecular formula is C16H10BrClN2O2S. The Bertz CT molecular complexity index is 789. The summed E-state index contributed by atoms with van der Waals surface area (Å²) in [5, 5.41) is 8.33. The molecule has 0 radical (unpaired) electrons. The molecule has 0 aromatic heterocycles. The van der Waals surface area contributed by atoms with E-state index >= 15 is 0 Å². The van der Waals surface area contributed by atoms with E-state index in [1.54, 1.807) is 24.3 Å². The first-order valence-corrected chi connectivity index (χ1v) is 8.61. The monoisotopic (exact) mass is 408 g/mol. The van der Waals surface area contributed by atoms with E-state index in [1.165, 1.54) is 0 Å². The predicted octanol–water partition coefficient (Wildman–Crippen LogP) is 4.55. The highest BCUT2D eigenvalue weighted by Gasteiger charge is 2.20. The summed E-state index contributed by atoms with van der Waals surface area (Å²) >= 11 is 10.2. The van der Waals surface area contributed by atoms with Gasteiger partial charge in [-0.1, -0.05) is 39.7 Å². The minimum Gasteiger partial charge on any atom is -0.467 e. The van der Waals surface area contributed by atoms with Crippen molar-refractivity contribution in [3.05, 3.63) is 63.6 Å². The summed E-state index contributed by atoms with van der Waals surface area (Å²) in [6.45, 7) is 0.216. The van der Waals surface area contributed by atoms with Crippen LogP contribution in [0.25, 0.3) is 0 Å². The number of carbonyl (C=O) groups excluding carboxylic acids is 1. The van der Waals surface area contributed by atoms with Crippen LogP contribution in [0.3, 0.4) is 0 Å². The molecule has 1 heterocycles. The van der Waals surface area contributed by atoms with E-state index in [9.17, 15) is 4.79 Å². The van der Waals surface area contributed by atoms with E-state index in [1.807, 2.05) is 24.3 Å². The highest BCUT2D eigenvalue weighted by Crippen LogP contribution is 2.22. The van der Waals surface area contributed by atoms with Crippen molar-refractivity contribution >= 4 is 56.0 Å². The lowest BCUT2D eigenvalue weighted by molar-refractivity contribution is -0.106. The minimum atomic E-state index is -0.286. The van der Waals surface area contributed by atoms with Gasteiger partial charge in [0.25, 0.3) is 11.0 Å². The largest absolute Gasteiger partial charge is 0.467 e. The molecule has 1 aliphatic heterocycles. The topological polar surface area (TPSA) is 51.0 Å². The van der Waals surface area contributed by atoms with Crippen LogP contribution in [0.4, 0.5) is 0 Å². The highest BCUT2D eigenvalue weighted by molar-refractivity contribution is 9.10. The summed E-state index contributed by atoms with van der Waals surface area (Å²) in [6, 6.07) is 14.6. The number of benzene rings is 2. The fourth-order valence-electron chi connectivity index (χ4n) is 1.84. The molecular weight excluding hydrogens is 400 g/mol. The lowest BCUT2D eigenvalue weighted by Gasteiger charge is -2.13. The molecule has 0 spiro atoms. The maximum absolute atomic E-state index is 12.1. The number of carbonyl (C=O) groups is 1. The summed E-state index contributed by atoms with van der Waals surface area (Å²) < 4.78 is 6.43. The van der Waals surface area contributed by atoms with Gasteiger partial charge in [0.2, 0.25) is 0 Å². The van der Waals surface area contributed by atoms with Gasteiger partial charge in [-0.15, -0.1) is 10.2 Å². The number of thioether (sulfide) groups is 1. The number of nitrogens with zero attached hydrogens (tertiary/aromatic N) is 2. The summed E-state index contributed by atoms with van der Waals surface area (Å²) in [4.78, 5) is 12.9. The lowest BCUT2D eigenvalue weighted by atomic mass is 10.1. The van der Waals surface area contributed by atoms with Gasteiger partial charge < -0.3 is 4.74 Å². The number of ether oxygens (including phenoxy) is 1. The molecule has 0 atom stereocenters. The van der Waals surface area contributed by atoms with Crippen molar-refractivity contribution in [3.63, 3.8) is 0 Å². The molecule has 0 saturated carbocycles. The average molecular weight is 410 g/mol. The molecule has 0 saturated heterocycles. The van der Waals surface area contributed by atoms with E-state index in [0.29, 0.717) is 10.7 Å². The molecule has 2 aromatic rings. The van der Waals surface area contributed by atoms with Gasteiger partial charge in [-0.25, -0.2) is 0 Å². The van der Waals surface area contributed by atoms with Crippen LogP contribution < -0.4 is 0 Å². The zero-order valence-corrected chi connectivity index (χ0v) is 14.9. The molecule has 4 nitrogen and oxygen atoms in total. The number of hydrogen-bond acceptors (Lipinski definition) is 5.